The quantitative estimate of drug-likeness (QED) is 0.424. The SMILES string of the molecule is Cc1cc(-c2nc(C(=O)Nc3cc4oc(N5CCOCC5)nc4nc3N3CC[C@@H](O)C3)co2)ccn1. The van der Waals surface area contributed by atoms with Gasteiger partial charge in [-0.25, -0.2) is 9.97 Å². The van der Waals surface area contributed by atoms with Gasteiger partial charge in [-0.15, -0.1) is 0 Å². The van der Waals surface area contributed by atoms with Crippen molar-refractivity contribution in [3.8, 4) is 11.5 Å². The highest BCUT2D eigenvalue weighted by Crippen LogP contribution is 2.33. The number of aliphatic hydroxyl groups is 1. The molecule has 12 nitrogen and oxygen atoms in total. The number of fused-ring (bicyclic) bond motifs is 1. The first kappa shape index (κ1) is 22.4. The normalized spacial score (nSPS) is 18.2. The zero-order valence-electron chi connectivity index (χ0n) is 19.7. The summed E-state index contributed by atoms with van der Waals surface area (Å²) in [6, 6.07) is 5.78. The predicted octanol–water partition coefficient (Wildman–Crippen LogP) is 2.24. The minimum Gasteiger partial charge on any atom is -0.444 e. The van der Waals surface area contributed by atoms with Crippen molar-refractivity contribution in [2.24, 2.45) is 0 Å². The van der Waals surface area contributed by atoms with Crippen molar-refractivity contribution < 1.29 is 23.5 Å². The number of aliphatic hydroxyl groups excluding tert-OH is 1. The fourth-order valence-electron chi connectivity index (χ4n) is 4.38. The van der Waals surface area contributed by atoms with Gasteiger partial charge in [0.05, 0.1) is 25.0 Å². The molecule has 36 heavy (non-hydrogen) atoms. The molecule has 0 aliphatic carbocycles. The lowest BCUT2D eigenvalue weighted by Crippen LogP contribution is -2.36. The fraction of sp³-hybridized carbons (Fsp3) is 0.375. The number of aromatic nitrogens is 4. The Labute approximate surface area is 205 Å². The number of oxazole rings is 2. The number of hydrogen-bond donors (Lipinski definition) is 2. The Kier molecular flexibility index (Phi) is 5.74. The number of pyridine rings is 2. The van der Waals surface area contributed by atoms with Gasteiger partial charge in [0.25, 0.3) is 11.9 Å². The number of carbonyl (C=O) groups is 1. The lowest BCUT2D eigenvalue weighted by atomic mass is 10.2. The summed E-state index contributed by atoms with van der Waals surface area (Å²) >= 11 is 0. The third kappa shape index (κ3) is 4.36. The molecule has 4 aromatic rings. The van der Waals surface area contributed by atoms with Gasteiger partial charge in [0.15, 0.2) is 17.1 Å². The molecular weight excluding hydrogens is 466 g/mol. The third-order valence-electron chi connectivity index (χ3n) is 6.22. The number of nitrogens with zero attached hydrogens (tertiary/aromatic N) is 6. The maximum Gasteiger partial charge on any atom is 0.300 e. The van der Waals surface area contributed by atoms with Crippen LogP contribution in [0.5, 0.6) is 0 Å². The molecule has 1 atom stereocenters. The molecule has 2 N–H and O–H groups in total. The van der Waals surface area contributed by atoms with Crippen LogP contribution in [0.1, 0.15) is 22.6 Å². The van der Waals surface area contributed by atoms with Gasteiger partial charge in [0.2, 0.25) is 11.5 Å². The number of nitrogens with one attached hydrogen (secondary N) is 1. The zero-order valence-corrected chi connectivity index (χ0v) is 19.7. The van der Waals surface area contributed by atoms with E-state index < -0.39 is 12.0 Å². The van der Waals surface area contributed by atoms with Gasteiger partial charge >= 0.3 is 0 Å². The largest absolute Gasteiger partial charge is 0.444 e. The van der Waals surface area contributed by atoms with Crippen LogP contribution in [0, 0.1) is 6.92 Å². The number of rotatable bonds is 5. The molecule has 12 heteroatoms. The molecule has 186 valence electrons. The number of β-amino-alcohol motifs (C(OH)–C–C–N with tert-alkyl or cyclic N) is 1. The van der Waals surface area contributed by atoms with Crippen LogP contribution in [0.2, 0.25) is 0 Å². The standard InChI is InChI=1S/C24H25N7O5/c1-14-10-15(2-4-25-14)23-27-18(13-35-23)22(33)26-17-11-19-20(28-21(17)31-5-3-16(32)12-31)29-24(36-19)30-6-8-34-9-7-30/h2,4,10-11,13,16,32H,3,5-9,12H2,1H3,(H,26,33)/t16-/m1/s1. The number of morpholine rings is 1. The number of hydrogen-bond acceptors (Lipinski definition) is 11. The van der Waals surface area contributed by atoms with E-state index in [1.807, 2.05) is 22.8 Å². The first-order valence-electron chi connectivity index (χ1n) is 11.8. The van der Waals surface area contributed by atoms with Crippen molar-refractivity contribution in [3.05, 3.63) is 42.0 Å². The van der Waals surface area contributed by atoms with Crippen LogP contribution in [0.25, 0.3) is 22.7 Å². The number of amides is 1. The summed E-state index contributed by atoms with van der Waals surface area (Å²) in [6.45, 7) is 5.43. The summed E-state index contributed by atoms with van der Waals surface area (Å²) in [7, 11) is 0. The van der Waals surface area contributed by atoms with E-state index in [1.54, 1.807) is 18.3 Å². The second-order valence-corrected chi connectivity index (χ2v) is 8.84. The highest BCUT2D eigenvalue weighted by atomic mass is 16.5. The molecule has 0 bridgehead atoms. The van der Waals surface area contributed by atoms with Crippen molar-refractivity contribution in [1.82, 2.24) is 19.9 Å². The van der Waals surface area contributed by atoms with Gasteiger partial charge in [-0.05, 0) is 25.5 Å². The van der Waals surface area contributed by atoms with Crippen molar-refractivity contribution >= 4 is 34.7 Å². The van der Waals surface area contributed by atoms with Crippen molar-refractivity contribution in [1.29, 1.82) is 0 Å². The molecule has 0 spiro atoms. The minimum absolute atomic E-state index is 0.124. The summed E-state index contributed by atoms with van der Waals surface area (Å²) in [5.41, 5.74) is 2.99. The molecule has 2 aliphatic rings. The van der Waals surface area contributed by atoms with Crippen molar-refractivity contribution in [2.45, 2.75) is 19.4 Å². The molecule has 0 aromatic carbocycles. The predicted molar refractivity (Wildman–Crippen MR) is 130 cm³/mol. The molecule has 6 heterocycles. The Morgan fingerprint density at radius 2 is 2.00 bits per heavy atom. The Bertz CT molecular complexity index is 1410. The van der Waals surface area contributed by atoms with Crippen molar-refractivity contribution in [3.63, 3.8) is 0 Å². The monoisotopic (exact) mass is 491 g/mol. The van der Waals surface area contributed by atoms with Gasteiger partial charge in [-0.2, -0.15) is 4.98 Å². The lowest BCUT2D eigenvalue weighted by molar-refractivity contribution is 0.102. The number of carbonyl (C=O) groups excluding carboxylic acids is 1. The first-order chi connectivity index (χ1) is 17.5. The molecule has 0 unspecified atom stereocenters. The van der Waals surface area contributed by atoms with E-state index in [0.29, 0.717) is 80.5 Å². The maximum atomic E-state index is 13.1. The highest BCUT2D eigenvalue weighted by Gasteiger charge is 2.27. The van der Waals surface area contributed by atoms with Crippen LogP contribution in [0.4, 0.5) is 17.5 Å². The summed E-state index contributed by atoms with van der Waals surface area (Å²) in [4.78, 5) is 34.9. The maximum absolute atomic E-state index is 13.1. The van der Waals surface area contributed by atoms with Gasteiger partial charge in [-0.3, -0.25) is 9.78 Å². The van der Waals surface area contributed by atoms with Crippen LogP contribution < -0.4 is 15.1 Å². The Morgan fingerprint density at radius 1 is 1.14 bits per heavy atom. The van der Waals surface area contributed by atoms with E-state index in [-0.39, 0.29) is 5.69 Å². The average Bonchev–Trinajstić information content (AvgIpc) is 3.63. The van der Waals surface area contributed by atoms with E-state index in [2.05, 4.69) is 20.3 Å². The Balaban J connectivity index is 1.31. The van der Waals surface area contributed by atoms with E-state index in [9.17, 15) is 9.90 Å². The topological polar surface area (TPSA) is 143 Å². The van der Waals surface area contributed by atoms with Crippen LogP contribution in [0.3, 0.4) is 0 Å². The second kappa shape index (κ2) is 9.21. The lowest BCUT2D eigenvalue weighted by Gasteiger charge is -2.24. The average molecular weight is 492 g/mol. The van der Waals surface area contributed by atoms with Gasteiger partial charge < -0.3 is 33.8 Å². The minimum atomic E-state index is -0.464. The van der Waals surface area contributed by atoms with Gasteiger partial charge in [0, 0.05) is 49.7 Å². The molecule has 4 aromatic heterocycles. The van der Waals surface area contributed by atoms with Crippen LogP contribution >= 0.6 is 0 Å². The third-order valence-corrected chi connectivity index (χ3v) is 6.22. The summed E-state index contributed by atoms with van der Waals surface area (Å²) in [5.74, 6) is 0.390. The van der Waals surface area contributed by atoms with E-state index >= 15 is 0 Å². The number of aryl methyl sites for hydroxylation is 1. The van der Waals surface area contributed by atoms with E-state index in [1.165, 1.54) is 6.26 Å². The number of anilines is 3. The van der Waals surface area contributed by atoms with Crippen LogP contribution in [-0.4, -0.2) is 76.4 Å². The summed E-state index contributed by atoms with van der Waals surface area (Å²) < 4.78 is 16.9. The zero-order chi connectivity index (χ0) is 24.6. The molecule has 1 amide bonds. The molecular formula is C24H25N7O5. The highest BCUT2D eigenvalue weighted by molar-refractivity contribution is 6.05. The fourth-order valence-corrected chi connectivity index (χ4v) is 4.38. The van der Waals surface area contributed by atoms with Gasteiger partial charge in [0.1, 0.15) is 6.26 Å². The van der Waals surface area contributed by atoms with E-state index in [4.69, 9.17) is 18.6 Å². The summed E-state index contributed by atoms with van der Waals surface area (Å²) in [6.07, 6.45) is 3.13. The number of ether oxygens (including phenoxy) is 1. The van der Waals surface area contributed by atoms with E-state index in [0.717, 1.165) is 11.3 Å². The summed E-state index contributed by atoms with van der Waals surface area (Å²) in [5, 5.41) is 13.0. The Morgan fingerprint density at radius 3 is 2.78 bits per heavy atom. The second-order valence-electron chi connectivity index (χ2n) is 8.84. The van der Waals surface area contributed by atoms with Gasteiger partial charge in [-0.1, -0.05) is 0 Å². The molecule has 6 rings (SSSR count). The molecule has 2 saturated heterocycles. The van der Waals surface area contributed by atoms with Crippen molar-refractivity contribution in [2.75, 3.05) is 54.5 Å². The Hall–Kier alpha value is -4.03. The smallest absolute Gasteiger partial charge is 0.300 e. The first-order valence-corrected chi connectivity index (χ1v) is 11.8. The van der Waals surface area contributed by atoms with Crippen LogP contribution in [0.15, 0.2) is 39.5 Å². The molecule has 2 fully saturated rings. The molecule has 0 radical (unpaired) electrons. The van der Waals surface area contributed by atoms with Crippen LogP contribution in [-0.2, 0) is 4.74 Å². The molecule has 2 aliphatic heterocycles. The molecule has 0 saturated carbocycles.